The Morgan fingerprint density at radius 1 is 1.25 bits per heavy atom. The van der Waals surface area contributed by atoms with E-state index >= 15 is 0 Å². The van der Waals surface area contributed by atoms with E-state index in [9.17, 15) is 0 Å². The van der Waals surface area contributed by atoms with Gasteiger partial charge in [0.25, 0.3) is 0 Å². The van der Waals surface area contributed by atoms with Crippen LogP contribution in [0.1, 0.15) is 42.7 Å². The highest BCUT2D eigenvalue weighted by Gasteiger charge is 2.19. The molecular weight excluding hydrogens is 268 g/mol. The normalized spacial score (nSPS) is 12.6. The van der Waals surface area contributed by atoms with Gasteiger partial charge in [-0.3, -0.25) is 0 Å². The van der Waals surface area contributed by atoms with Crippen molar-refractivity contribution < 1.29 is 4.74 Å². The number of rotatable bonds is 7. The second-order valence-corrected chi connectivity index (χ2v) is 5.74. The summed E-state index contributed by atoms with van der Waals surface area (Å²) in [6, 6.07) is 10.2. The van der Waals surface area contributed by atoms with Gasteiger partial charge in [0.1, 0.15) is 11.1 Å². The van der Waals surface area contributed by atoms with Crippen LogP contribution >= 0.6 is 11.3 Å². The van der Waals surface area contributed by atoms with Gasteiger partial charge in [-0.05, 0) is 13.3 Å². The smallest absolute Gasteiger partial charge is 0.123 e. The van der Waals surface area contributed by atoms with E-state index in [4.69, 9.17) is 15.5 Å². The third kappa shape index (κ3) is 3.45. The zero-order valence-corrected chi connectivity index (χ0v) is 13.0. The Bertz CT molecular complexity index is 519. The fourth-order valence-corrected chi connectivity index (χ4v) is 3.26. The fraction of sp³-hybridized carbons (Fsp3) is 0.438. The SMILES string of the molecule is CCCC(OCC)c1nc(-c2ccccc2)c(CN)s1. The first-order valence-electron chi connectivity index (χ1n) is 7.16. The van der Waals surface area contributed by atoms with Crippen LogP contribution in [0.15, 0.2) is 30.3 Å². The van der Waals surface area contributed by atoms with Gasteiger partial charge >= 0.3 is 0 Å². The quantitative estimate of drug-likeness (QED) is 0.833. The maximum absolute atomic E-state index is 5.88. The molecule has 0 bridgehead atoms. The monoisotopic (exact) mass is 290 g/mol. The van der Waals surface area contributed by atoms with E-state index < -0.39 is 0 Å². The molecule has 3 nitrogen and oxygen atoms in total. The molecule has 0 fully saturated rings. The summed E-state index contributed by atoms with van der Waals surface area (Å²) in [6.45, 7) is 5.43. The second-order valence-electron chi connectivity index (χ2n) is 4.63. The third-order valence-electron chi connectivity index (χ3n) is 3.14. The van der Waals surface area contributed by atoms with Gasteiger partial charge in [0, 0.05) is 23.6 Å². The number of ether oxygens (including phenoxy) is 1. The van der Waals surface area contributed by atoms with Crippen molar-refractivity contribution in [1.29, 1.82) is 0 Å². The summed E-state index contributed by atoms with van der Waals surface area (Å²) in [5, 5.41) is 1.05. The van der Waals surface area contributed by atoms with E-state index in [-0.39, 0.29) is 6.10 Å². The average molecular weight is 290 g/mol. The first kappa shape index (κ1) is 15.2. The first-order chi connectivity index (χ1) is 9.80. The van der Waals surface area contributed by atoms with E-state index in [1.54, 1.807) is 11.3 Å². The molecule has 0 amide bonds. The van der Waals surface area contributed by atoms with Crippen molar-refractivity contribution in [1.82, 2.24) is 4.98 Å². The summed E-state index contributed by atoms with van der Waals surface area (Å²) in [5.74, 6) is 0. The zero-order valence-electron chi connectivity index (χ0n) is 12.1. The van der Waals surface area contributed by atoms with Gasteiger partial charge in [-0.1, -0.05) is 43.7 Å². The van der Waals surface area contributed by atoms with Crippen molar-refractivity contribution in [3.63, 3.8) is 0 Å². The molecule has 2 N–H and O–H groups in total. The van der Waals surface area contributed by atoms with Crippen molar-refractivity contribution in [3.8, 4) is 11.3 Å². The van der Waals surface area contributed by atoms with Gasteiger partial charge in [0.2, 0.25) is 0 Å². The van der Waals surface area contributed by atoms with Crippen LogP contribution in [0, 0.1) is 0 Å². The molecule has 1 aromatic heterocycles. The van der Waals surface area contributed by atoms with Gasteiger partial charge < -0.3 is 10.5 Å². The van der Waals surface area contributed by atoms with Crippen molar-refractivity contribution in [2.24, 2.45) is 5.73 Å². The summed E-state index contributed by atoms with van der Waals surface area (Å²) in [4.78, 5) is 5.93. The minimum Gasteiger partial charge on any atom is -0.371 e. The van der Waals surface area contributed by atoms with E-state index in [1.165, 1.54) is 0 Å². The largest absolute Gasteiger partial charge is 0.371 e. The Labute approximate surface area is 124 Å². The van der Waals surface area contributed by atoms with Gasteiger partial charge in [-0.25, -0.2) is 4.98 Å². The molecule has 1 heterocycles. The number of benzene rings is 1. The molecule has 1 aromatic carbocycles. The van der Waals surface area contributed by atoms with Crippen LogP contribution < -0.4 is 5.73 Å². The fourth-order valence-electron chi connectivity index (χ4n) is 2.21. The Balaban J connectivity index is 2.35. The zero-order chi connectivity index (χ0) is 14.4. The maximum Gasteiger partial charge on any atom is 0.123 e. The molecule has 0 aliphatic rings. The number of hydrogen-bond acceptors (Lipinski definition) is 4. The van der Waals surface area contributed by atoms with Gasteiger partial charge in [-0.15, -0.1) is 11.3 Å². The number of aromatic nitrogens is 1. The molecule has 2 aromatic rings. The number of nitrogens with zero attached hydrogens (tertiary/aromatic N) is 1. The summed E-state index contributed by atoms with van der Waals surface area (Å²) in [5.41, 5.74) is 8.01. The maximum atomic E-state index is 5.88. The Kier molecular flexibility index (Phi) is 5.71. The van der Waals surface area contributed by atoms with Crippen LogP contribution in [-0.2, 0) is 11.3 Å². The molecule has 0 spiro atoms. The summed E-state index contributed by atoms with van der Waals surface area (Å²) in [7, 11) is 0. The molecule has 0 saturated carbocycles. The highest BCUT2D eigenvalue weighted by molar-refractivity contribution is 7.12. The van der Waals surface area contributed by atoms with Crippen LogP contribution in [0.2, 0.25) is 0 Å². The predicted molar refractivity (Wildman–Crippen MR) is 84.7 cm³/mol. The topological polar surface area (TPSA) is 48.1 Å². The summed E-state index contributed by atoms with van der Waals surface area (Å²) >= 11 is 1.68. The molecular formula is C16H22N2OS. The number of nitrogens with two attached hydrogens (primary N) is 1. The molecule has 4 heteroatoms. The minimum atomic E-state index is 0.0952. The van der Waals surface area contributed by atoms with Crippen molar-refractivity contribution in [3.05, 3.63) is 40.2 Å². The van der Waals surface area contributed by atoms with Crippen molar-refractivity contribution in [2.75, 3.05) is 6.61 Å². The molecule has 1 atom stereocenters. The van der Waals surface area contributed by atoms with Gasteiger partial charge in [-0.2, -0.15) is 0 Å². The minimum absolute atomic E-state index is 0.0952. The van der Waals surface area contributed by atoms with Gasteiger partial charge in [0.15, 0.2) is 0 Å². The molecule has 0 radical (unpaired) electrons. The lowest BCUT2D eigenvalue weighted by Crippen LogP contribution is -2.03. The Hall–Kier alpha value is -1.23. The molecule has 0 aliphatic carbocycles. The molecule has 0 aliphatic heterocycles. The van der Waals surface area contributed by atoms with Crippen molar-refractivity contribution >= 4 is 11.3 Å². The van der Waals surface area contributed by atoms with Crippen LogP contribution in [0.3, 0.4) is 0 Å². The summed E-state index contributed by atoms with van der Waals surface area (Å²) < 4.78 is 5.82. The molecule has 1 unspecified atom stereocenters. The van der Waals surface area contributed by atoms with Crippen LogP contribution in [0.4, 0.5) is 0 Å². The highest BCUT2D eigenvalue weighted by atomic mass is 32.1. The summed E-state index contributed by atoms with van der Waals surface area (Å²) in [6.07, 6.45) is 2.18. The van der Waals surface area contributed by atoms with E-state index in [2.05, 4.69) is 19.1 Å². The van der Waals surface area contributed by atoms with Crippen LogP contribution in [-0.4, -0.2) is 11.6 Å². The Morgan fingerprint density at radius 2 is 2.00 bits per heavy atom. The van der Waals surface area contributed by atoms with E-state index in [0.29, 0.717) is 13.2 Å². The van der Waals surface area contributed by atoms with Crippen LogP contribution in [0.25, 0.3) is 11.3 Å². The van der Waals surface area contributed by atoms with E-state index in [0.717, 1.165) is 34.0 Å². The van der Waals surface area contributed by atoms with Crippen LogP contribution in [0.5, 0.6) is 0 Å². The lowest BCUT2D eigenvalue weighted by Gasteiger charge is -2.12. The molecule has 2 rings (SSSR count). The third-order valence-corrected chi connectivity index (χ3v) is 4.31. The van der Waals surface area contributed by atoms with E-state index in [1.807, 2.05) is 25.1 Å². The first-order valence-corrected chi connectivity index (χ1v) is 7.98. The number of hydrogen-bond donors (Lipinski definition) is 1. The van der Waals surface area contributed by atoms with Crippen molar-refractivity contribution in [2.45, 2.75) is 39.3 Å². The molecule has 0 saturated heterocycles. The predicted octanol–water partition coefficient (Wildman–Crippen LogP) is 4.15. The molecule has 20 heavy (non-hydrogen) atoms. The molecule has 108 valence electrons. The van der Waals surface area contributed by atoms with Gasteiger partial charge in [0.05, 0.1) is 5.69 Å². The second kappa shape index (κ2) is 7.53. The highest BCUT2D eigenvalue weighted by Crippen LogP contribution is 2.33. The lowest BCUT2D eigenvalue weighted by molar-refractivity contribution is 0.0555. The lowest BCUT2D eigenvalue weighted by atomic mass is 10.1. The standard InChI is InChI=1S/C16H22N2OS/c1-3-8-13(19-4-2)16-18-15(14(11-17)20-16)12-9-6-5-7-10-12/h5-7,9-10,13H,3-4,8,11,17H2,1-2H3. The average Bonchev–Trinajstić information content (AvgIpc) is 2.92. The Morgan fingerprint density at radius 3 is 2.60 bits per heavy atom. The number of thiazole rings is 1.